The predicted octanol–water partition coefficient (Wildman–Crippen LogP) is 4.62. The van der Waals surface area contributed by atoms with Crippen molar-refractivity contribution in [1.82, 2.24) is 29.5 Å². The van der Waals surface area contributed by atoms with Crippen molar-refractivity contribution in [3.8, 4) is 6.07 Å². The largest absolute Gasteiger partial charge is 0.695 e. The number of aliphatic hydroxyl groups is 1. The lowest BCUT2D eigenvalue weighted by Gasteiger charge is -2.39. The van der Waals surface area contributed by atoms with Crippen molar-refractivity contribution in [3.05, 3.63) is 35.3 Å². The minimum atomic E-state index is -4.49. The van der Waals surface area contributed by atoms with E-state index in [2.05, 4.69) is 35.6 Å². The summed E-state index contributed by atoms with van der Waals surface area (Å²) in [7, 11) is -10.4. The summed E-state index contributed by atoms with van der Waals surface area (Å²) in [6.07, 6.45) is -0.526. The molecule has 1 saturated carbocycles. The molecule has 0 amide bonds. The average molecular weight is 841 g/mol. The molecule has 2 fully saturated rings. The third kappa shape index (κ3) is 10.8. The van der Waals surface area contributed by atoms with E-state index in [0.717, 1.165) is 0 Å². The predicted molar refractivity (Wildman–Crippen MR) is 206 cm³/mol. The number of ether oxygens (including phenoxy) is 1. The summed E-state index contributed by atoms with van der Waals surface area (Å²) in [4.78, 5) is 42.8. The number of nitrogens with one attached hydrogen (secondary N) is 3. The zero-order valence-corrected chi connectivity index (χ0v) is 35.3. The van der Waals surface area contributed by atoms with Crippen LogP contribution >= 0.6 is 16.1 Å². The molecular formula is C33H52N9O11P2Si+. The van der Waals surface area contributed by atoms with Crippen molar-refractivity contribution in [1.29, 1.82) is 5.26 Å². The number of nitrogens with zero attached hydrogens (tertiary/aromatic N) is 6. The van der Waals surface area contributed by atoms with E-state index in [-0.39, 0.29) is 53.7 Å². The molecule has 20 nitrogen and oxygen atoms in total. The fraction of sp³-hybridized carbons (Fsp3) is 0.697. The van der Waals surface area contributed by atoms with Gasteiger partial charge in [-0.2, -0.15) is 10.2 Å². The van der Waals surface area contributed by atoms with E-state index in [1.807, 2.05) is 53.8 Å². The van der Waals surface area contributed by atoms with Gasteiger partial charge in [0.05, 0.1) is 38.1 Å². The van der Waals surface area contributed by atoms with Crippen molar-refractivity contribution < 1.29 is 46.4 Å². The molecule has 308 valence electrons. The maximum absolute atomic E-state index is 14.4. The Balaban J connectivity index is 1.47. The number of imidazole rings is 1. The normalized spacial score (nSPS) is 25.7. The summed E-state index contributed by atoms with van der Waals surface area (Å²) in [5.41, 5.74) is -0.425. The monoisotopic (exact) mass is 840 g/mol. The number of hydrogen-bond donors (Lipinski definition) is 5. The number of hydrogen-bond acceptors (Lipinski definition) is 17. The van der Waals surface area contributed by atoms with Crippen molar-refractivity contribution in [2.24, 2.45) is 11.8 Å². The fourth-order valence-electron chi connectivity index (χ4n) is 6.18. The van der Waals surface area contributed by atoms with E-state index in [1.165, 1.54) is 17.2 Å². The van der Waals surface area contributed by atoms with Crippen LogP contribution in [-0.4, -0.2) is 105 Å². The smallest absolute Gasteiger partial charge is 0.408 e. The van der Waals surface area contributed by atoms with Crippen LogP contribution in [0.25, 0.3) is 11.2 Å². The second-order valence-electron chi connectivity index (χ2n) is 15.7. The van der Waals surface area contributed by atoms with Crippen molar-refractivity contribution in [2.45, 2.75) is 109 Å². The molecule has 1 unspecified atom stereocenters. The molecule has 4 heterocycles. The summed E-state index contributed by atoms with van der Waals surface area (Å²) in [6.45, 7) is 13.5. The summed E-state index contributed by atoms with van der Waals surface area (Å²) in [6, 6.07) is 3.44. The van der Waals surface area contributed by atoms with Crippen LogP contribution in [0.2, 0.25) is 18.1 Å². The van der Waals surface area contributed by atoms with Gasteiger partial charge in [0, 0.05) is 35.9 Å². The lowest BCUT2D eigenvalue weighted by molar-refractivity contribution is -0.0524. The molecule has 0 bridgehead atoms. The first-order chi connectivity index (χ1) is 26.4. The third-order valence-electron chi connectivity index (χ3n) is 10.0. The number of aliphatic hydroxyl groups excluding tert-OH is 1. The number of phosphoric acid groups is 1. The highest BCUT2D eigenvalue weighted by Crippen LogP contribution is 2.54. The van der Waals surface area contributed by atoms with E-state index in [9.17, 15) is 29.2 Å². The SMILES string of the molecule is CC(C)CNc1nc2c(ncn2[C@@H]2O[C@H](CO[P@](=O)(OCCC#N)O[C@H]3C[C@H](Nc4ccncn4)C[C@@H]3CO)[C@@H](O[Si](C)(C)C(C)(C)C)[C@H]2O[P+](=O)O)c(=O)[nH]1. The standard InChI is InChI=1S/C33H51N9O11P2Si/c1-20(2)15-36-32-40-29-26(30(44)41-32)38-19-42(29)31-28(51-54(45)46)27(53-56(6,7)33(3,4)5)24(50-31)17-49-55(47,48-12-8-10-34)52-23-14-22(13-21(23)16-43)39-25-9-11-35-18-37-25/h9,11,18-24,27-28,31,43H,8,12-17H2,1-7H3,(H3-,35,36,37,39,40,41,44,45,46)/p+1/t21-,22-,23+,24-,27-,28-,31-,55+/m1/s1. The van der Waals surface area contributed by atoms with Gasteiger partial charge in [0.2, 0.25) is 5.95 Å². The second kappa shape index (κ2) is 18.6. The van der Waals surface area contributed by atoms with E-state index >= 15 is 0 Å². The number of H-pyrrole nitrogens is 1. The van der Waals surface area contributed by atoms with E-state index in [4.69, 9.17) is 27.3 Å². The number of nitriles is 1. The zero-order valence-electron chi connectivity index (χ0n) is 32.5. The van der Waals surface area contributed by atoms with Gasteiger partial charge in [0.1, 0.15) is 24.4 Å². The Morgan fingerprint density at radius 2 is 2.00 bits per heavy atom. The van der Waals surface area contributed by atoms with Gasteiger partial charge in [-0.3, -0.25) is 27.9 Å². The average Bonchev–Trinajstić information content (AvgIpc) is 3.81. The van der Waals surface area contributed by atoms with Gasteiger partial charge in [-0.1, -0.05) is 34.6 Å². The molecule has 1 aliphatic heterocycles. The molecule has 5 rings (SSSR count). The molecule has 0 spiro atoms. The van der Waals surface area contributed by atoms with Crippen LogP contribution < -0.4 is 16.2 Å². The number of rotatable bonds is 19. The second-order valence-corrected chi connectivity index (χ2v) is 22.8. The summed E-state index contributed by atoms with van der Waals surface area (Å²) >= 11 is 0. The number of aromatic amines is 1. The van der Waals surface area contributed by atoms with Crippen LogP contribution in [0.15, 0.2) is 29.7 Å². The first-order valence-corrected chi connectivity index (χ1v) is 23.9. The van der Waals surface area contributed by atoms with Crippen LogP contribution in [-0.2, 0) is 36.4 Å². The van der Waals surface area contributed by atoms with Gasteiger partial charge in [-0.15, -0.1) is 9.42 Å². The Morgan fingerprint density at radius 3 is 2.64 bits per heavy atom. The minimum absolute atomic E-state index is 0.0105. The highest BCUT2D eigenvalue weighted by atomic mass is 31.2. The van der Waals surface area contributed by atoms with Crippen molar-refractivity contribution in [3.63, 3.8) is 0 Å². The quantitative estimate of drug-likeness (QED) is 0.0626. The van der Waals surface area contributed by atoms with Gasteiger partial charge < -0.3 is 24.9 Å². The highest BCUT2D eigenvalue weighted by molar-refractivity contribution is 7.48. The molecule has 56 heavy (non-hydrogen) atoms. The fourth-order valence-corrected chi connectivity index (χ4v) is 9.36. The van der Waals surface area contributed by atoms with Gasteiger partial charge in [0.25, 0.3) is 5.56 Å². The Morgan fingerprint density at radius 1 is 1.23 bits per heavy atom. The molecule has 0 radical (unpaired) electrons. The molecule has 3 aromatic rings. The van der Waals surface area contributed by atoms with Crippen LogP contribution in [0.1, 0.15) is 60.1 Å². The van der Waals surface area contributed by atoms with Crippen LogP contribution in [0.5, 0.6) is 0 Å². The van der Waals surface area contributed by atoms with Gasteiger partial charge in [-0.25, -0.2) is 19.5 Å². The first-order valence-electron chi connectivity index (χ1n) is 18.4. The topological polar surface area (TPSA) is 267 Å². The van der Waals surface area contributed by atoms with Crippen LogP contribution in [0.4, 0.5) is 11.8 Å². The maximum Gasteiger partial charge on any atom is 0.695 e. The van der Waals surface area contributed by atoms with E-state index in [0.29, 0.717) is 25.2 Å². The Kier molecular flexibility index (Phi) is 14.5. The number of anilines is 2. The van der Waals surface area contributed by atoms with Crippen LogP contribution in [0, 0.1) is 23.2 Å². The molecule has 1 aliphatic carbocycles. The molecule has 2 aliphatic rings. The number of phosphoric ester groups is 1. The Bertz CT molecular complexity index is 1940. The first kappa shape index (κ1) is 43.9. The Hall–Kier alpha value is -3.25. The summed E-state index contributed by atoms with van der Waals surface area (Å²) in [5, 5.41) is 25.5. The van der Waals surface area contributed by atoms with Gasteiger partial charge in [0.15, 0.2) is 31.8 Å². The number of fused-ring (bicyclic) bond motifs is 1. The molecule has 23 heteroatoms. The summed E-state index contributed by atoms with van der Waals surface area (Å²) < 4.78 is 64.9. The molecule has 1 saturated heterocycles. The van der Waals surface area contributed by atoms with Gasteiger partial charge in [-0.05, 0) is 43.0 Å². The van der Waals surface area contributed by atoms with Crippen LogP contribution in [0.3, 0.4) is 0 Å². The zero-order chi connectivity index (χ0) is 40.8. The van der Waals surface area contributed by atoms with Gasteiger partial charge >= 0.3 is 16.1 Å². The van der Waals surface area contributed by atoms with E-state index in [1.54, 1.807) is 12.3 Å². The molecule has 5 N–H and O–H groups in total. The molecule has 0 aromatic carbocycles. The lowest BCUT2D eigenvalue weighted by atomic mass is 10.1. The third-order valence-corrected chi connectivity index (χ3v) is 16.4. The highest BCUT2D eigenvalue weighted by Gasteiger charge is 2.56. The Labute approximate surface area is 326 Å². The minimum Gasteiger partial charge on any atom is -0.408 e. The maximum atomic E-state index is 14.4. The van der Waals surface area contributed by atoms with E-state index < -0.39 is 73.1 Å². The number of aromatic nitrogens is 6. The molecule has 3 aromatic heterocycles. The van der Waals surface area contributed by atoms with Crippen molar-refractivity contribution >= 4 is 47.3 Å². The lowest BCUT2D eigenvalue weighted by Crippen LogP contribution is -2.50. The van der Waals surface area contributed by atoms with Crippen molar-refractivity contribution in [2.75, 3.05) is 37.0 Å². The molecular weight excluding hydrogens is 788 g/mol. The molecule has 9 atom stereocenters. The summed E-state index contributed by atoms with van der Waals surface area (Å²) in [5.74, 6) is 0.547.